The summed E-state index contributed by atoms with van der Waals surface area (Å²) in [6, 6.07) is 5.73. The van der Waals surface area contributed by atoms with E-state index in [1.165, 1.54) is 0 Å². The molecule has 5 heteroatoms. The Hall–Kier alpha value is -1.62. The average Bonchev–Trinajstić information content (AvgIpc) is 2.41. The molecule has 0 aliphatic rings. The van der Waals surface area contributed by atoms with E-state index in [0.29, 0.717) is 23.3 Å². The number of rotatable bonds is 6. The first-order valence-corrected chi connectivity index (χ1v) is 7.74. The Morgan fingerprint density at radius 3 is 2.67 bits per heavy atom. The van der Waals surface area contributed by atoms with Gasteiger partial charge in [0, 0.05) is 11.7 Å². The zero-order chi connectivity index (χ0) is 15.8. The molecule has 0 aliphatic heterocycles. The molecule has 0 aliphatic carbocycles. The molecule has 0 saturated heterocycles. The zero-order valence-corrected chi connectivity index (χ0v) is 14.0. The lowest BCUT2D eigenvalue weighted by molar-refractivity contribution is 0.0526. The van der Waals surface area contributed by atoms with E-state index in [-0.39, 0.29) is 5.97 Å². The number of anilines is 1. The minimum Gasteiger partial charge on any atom is -0.462 e. The maximum Gasteiger partial charge on any atom is 0.338 e. The Kier molecular flexibility index (Phi) is 7.15. The van der Waals surface area contributed by atoms with E-state index in [1.54, 1.807) is 19.1 Å². The van der Waals surface area contributed by atoms with E-state index in [2.05, 4.69) is 24.5 Å². The summed E-state index contributed by atoms with van der Waals surface area (Å²) in [5.41, 5.74) is 2.40. The van der Waals surface area contributed by atoms with Gasteiger partial charge in [-0.05, 0) is 63.2 Å². The second kappa shape index (κ2) is 8.62. The fourth-order valence-electron chi connectivity index (χ4n) is 2.03. The lowest BCUT2D eigenvalue weighted by Gasteiger charge is -2.17. The molecule has 1 aromatic rings. The first kappa shape index (κ1) is 17.4. The number of aryl methyl sites for hydroxylation is 1. The Labute approximate surface area is 132 Å². The summed E-state index contributed by atoms with van der Waals surface area (Å²) >= 11 is 5.30. The number of nitrogens with one attached hydrogen (secondary N) is 2. The first-order chi connectivity index (χ1) is 9.97. The van der Waals surface area contributed by atoms with Crippen molar-refractivity contribution >= 4 is 29.0 Å². The summed E-state index contributed by atoms with van der Waals surface area (Å²) < 4.78 is 4.99. The summed E-state index contributed by atoms with van der Waals surface area (Å²) in [5.74, 6) is -0.301. The fourth-order valence-corrected chi connectivity index (χ4v) is 2.34. The third-order valence-electron chi connectivity index (χ3n) is 3.08. The number of esters is 1. The number of carbonyl (C=O) groups excluding carboxylic acids is 1. The molecule has 0 aromatic heterocycles. The molecule has 0 fully saturated rings. The van der Waals surface area contributed by atoms with Crippen molar-refractivity contribution in [3.8, 4) is 0 Å². The van der Waals surface area contributed by atoms with Crippen LogP contribution in [-0.2, 0) is 4.74 Å². The molecule has 1 aromatic carbocycles. The Bertz CT molecular complexity index is 503. The van der Waals surface area contributed by atoms with Gasteiger partial charge in [-0.3, -0.25) is 0 Å². The molecule has 1 rings (SSSR count). The van der Waals surface area contributed by atoms with Gasteiger partial charge in [-0.2, -0.15) is 0 Å². The summed E-state index contributed by atoms with van der Waals surface area (Å²) in [5, 5.41) is 7.01. The van der Waals surface area contributed by atoms with Crippen molar-refractivity contribution in [3.05, 3.63) is 29.3 Å². The Morgan fingerprint density at radius 1 is 1.38 bits per heavy atom. The van der Waals surface area contributed by atoms with Crippen LogP contribution in [0.1, 0.15) is 49.5 Å². The van der Waals surface area contributed by atoms with Crippen molar-refractivity contribution in [2.45, 2.75) is 46.6 Å². The van der Waals surface area contributed by atoms with E-state index in [0.717, 1.165) is 24.1 Å². The second-order valence-corrected chi connectivity index (χ2v) is 5.45. The number of thiocarbonyl (C=S) groups is 1. The molecular weight excluding hydrogens is 284 g/mol. The third kappa shape index (κ3) is 5.71. The molecule has 2 N–H and O–H groups in total. The Balaban J connectivity index is 2.68. The fraction of sp³-hybridized carbons (Fsp3) is 0.500. The van der Waals surface area contributed by atoms with Crippen LogP contribution in [-0.4, -0.2) is 23.7 Å². The normalized spacial score (nSPS) is 11.6. The maximum absolute atomic E-state index is 11.7. The molecule has 4 nitrogen and oxygen atoms in total. The van der Waals surface area contributed by atoms with Crippen LogP contribution in [0.4, 0.5) is 5.69 Å². The molecule has 0 amide bonds. The van der Waals surface area contributed by atoms with Crippen LogP contribution >= 0.6 is 12.2 Å². The minimum atomic E-state index is -0.301. The van der Waals surface area contributed by atoms with Gasteiger partial charge in [0.05, 0.1) is 12.2 Å². The highest BCUT2D eigenvalue weighted by Gasteiger charge is 2.10. The summed E-state index contributed by atoms with van der Waals surface area (Å²) in [7, 11) is 0. The molecular formula is C16H24N2O2S. The van der Waals surface area contributed by atoms with E-state index in [1.807, 2.05) is 13.0 Å². The van der Waals surface area contributed by atoms with Crippen LogP contribution in [0.5, 0.6) is 0 Å². The van der Waals surface area contributed by atoms with Crippen LogP contribution in [0.15, 0.2) is 18.2 Å². The molecule has 0 spiro atoms. The van der Waals surface area contributed by atoms with Gasteiger partial charge in [0.1, 0.15) is 0 Å². The van der Waals surface area contributed by atoms with E-state index < -0.39 is 0 Å². The number of hydrogen-bond acceptors (Lipinski definition) is 3. The van der Waals surface area contributed by atoms with Crippen molar-refractivity contribution in [2.24, 2.45) is 0 Å². The zero-order valence-electron chi connectivity index (χ0n) is 13.2. The molecule has 0 unspecified atom stereocenters. The predicted molar refractivity (Wildman–Crippen MR) is 90.9 cm³/mol. The molecule has 0 radical (unpaired) electrons. The quantitative estimate of drug-likeness (QED) is 0.620. The summed E-state index contributed by atoms with van der Waals surface area (Å²) in [4.78, 5) is 11.7. The van der Waals surface area contributed by atoms with Gasteiger partial charge in [0.25, 0.3) is 0 Å². The van der Waals surface area contributed by atoms with Crippen LogP contribution < -0.4 is 10.6 Å². The van der Waals surface area contributed by atoms with Gasteiger partial charge in [0.15, 0.2) is 5.11 Å². The molecule has 1 atom stereocenters. The average molecular weight is 308 g/mol. The first-order valence-electron chi connectivity index (χ1n) is 7.33. The third-order valence-corrected chi connectivity index (χ3v) is 3.30. The highest BCUT2D eigenvalue weighted by atomic mass is 32.1. The van der Waals surface area contributed by atoms with E-state index in [9.17, 15) is 4.79 Å². The van der Waals surface area contributed by atoms with Gasteiger partial charge in [-0.15, -0.1) is 0 Å². The van der Waals surface area contributed by atoms with Gasteiger partial charge >= 0.3 is 5.97 Å². The second-order valence-electron chi connectivity index (χ2n) is 5.04. The molecule has 0 bridgehead atoms. The Morgan fingerprint density at radius 2 is 2.10 bits per heavy atom. The van der Waals surface area contributed by atoms with Crippen LogP contribution in [0, 0.1) is 6.92 Å². The molecule has 116 valence electrons. The molecule has 21 heavy (non-hydrogen) atoms. The summed E-state index contributed by atoms with van der Waals surface area (Å²) in [6.07, 6.45) is 2.19. The van der Waals surface area contributed by atoms with Crippen molar-refractivity contribution in [1.82, 2.24) is 5.32 Å². The topological polar surface area (TPSA) is 50.4 Å². The minimum absolute atomic E-state index is 0.301. The lowest BCUT2D eigenvalue weighted by atomic mass is 10.1. The van der Waals surface area contributed by atoms with Crippen molar-refractivity contribution in [2.75, 3.05) is 11.9 Å². The van der Waals surface area contributed by atoms with Gasteiger partial charge in [0.2, 0.25) is 0 Å². The van der Waals surface area contributed by atoms with E-state index in [4.69, 9.17) is 17.0 Å². The summed E-state index contributed by atoms with van der Waals surface area (Å²) in [6.45, 7) is 8.35. The van der Waals surface area contributed by atoms with Gasteiger partial charge < -0.3 is 15.4 Å². The smallest absolute Gasteiger partial charge is 0.338 e. The number of ether oxygens (including phenoxy) is 1. The van der Waals surface area contributed by atoms with Crippen LogP contribution in [0.25, 0.3) is 0 Å². The van der Waals surface area contributed by atoms with Crippen molar-refractivity contribution in [1.29, 1.82) is 0 Å². The van der Waals surface area contributed by atoms with Gasteiger partial charge in [-0.25, -0.2) is 4.79 Å². The molecule has 0 saturated carbocycles. The predicted octanol–water partition coefficient (Wildman–Crippen LogP) is 3.65. The highest BCUT2D eigenvalue weighted by Crippen LogP contribution is 2.17. The largest absolute Gasteiger partial charge is 0.462 e. The lowest BCUT2D eigenvalue weighted by Crippen LogP contribution is -2.35. The van der Waals surface area contributed by atoms with Crippen molar-refractivity contribution in [3.63, 3.8) is 0 Å². The number of hydrogen-bond donors (Lipinski definition) is 2. The molecule has 0 heterocycles. The van der Waals surface area contributed by atoms with Crippen LogP contribution in [0.2, 0.25) is 0 Å². The SMILES string of the molecule is CCC[C@H](C)NC(=S)Nc1ccc(C(=O)OCC)cc1C. The maximum atomic E-state index is 11.7. The van der Waals surface area contributed by atoms with Gasteiger partial charge in [-0.1, -0.05) is 13.3 Å². The highest BCUT2D eigenvalue weighted by molar-refractivity contribution is 7.80. The van der Waals surface area contributed by atoms with Crippen molar-refractivity contribution < 1.29 is 9.53 Å². The standard InChI is InChI=1S/C16H24N2O2S/c1-5-7-12(4)17-16(21)18-14-9-8-13(10-11(14)3)15(19)20-6-2/h8-10,12H,5-7H2,1-4H3,(H2,17,18,21)/t12-/m0/s1. The van der Waals surface area contributed by atoms with Crippen LogP contribution in [0.3, 0.4) is 0 Å². The van der Waals surface area contributed by atoms with E-state index >= 15 is 0 Å². The number of benzene rings is 1. The monoisotopic (exact) mass is 308 g/mol. The number of carbonyl (C=O) groups is 1.